The summed E-state index contributed by atoms with van der Waals surface area (Å²) in [6.07, 6.45) is 1.04. The lowest BCUT2D eigenvalue weighted by Crippen LogP contribution is -2.31. The lowest BCUT2D eigenvalue weighted by Gasteiger charge is -2.29. The molecule has 3 nitrogen and oxygen atoms in total. The molecular weight excluding hydrogens is 262 g/mol. The molecule has 0 saturated carbocycles. The summed E-state index contributed by atoms with van der Waals surface area (Å²) in [7, 11) is 0. The van der Waals surface area contributed by atoms with Gasteiger partial charge in [-0.25, -0.2) is 0 Å². The van der Waals surface area contributed by atoms with Gasteiger partial charge in [0.1, 0.15) is 0 Å². The minimum Gasteiger partial charge on any atom is -0.454 e. The normalized spacial score (nSPS) is 19.4. The molecule has 0 saturated heterocycles. The van der Waals surface area contributed by atoms with E-state index in [4.69, 9.17) is 9.47 Å². The fourth-order valence-corrected chi connectivity index (χ4v) is 3.31. The van der Waals surface area contributed by atoms with Crippen LogP contribution in [0.15, 0.2) is 30.3 Å². The van der Waals surface area contributed by atoms with Gasteiger partial charge in [0, 0.05) is 6.54 Å². The minimum atomic E-state index is 0.239. The molecule has 0 aromatic heterocycles. The van der Waals surface area contributed by atoms with E-state index in [0.29, 0.717) is 6.79 Å². The number of aryl methyl sites for hydroxylation is 1. The lowest BCUT2D eigenvalue weighted by atomic mass is 9.86. The molecule has 1 N–H and O–H groups in total. The molecule has 2 aliphatic heterocycles. The summed E-state index contributed by atoms with van der Waals surface area (Å²) >= 11 is 0. The highest BCUT2D eigenvalue weighted by Crippen LogP contribution is 2.40. The van der Waals surface area contributed by atoms with Crippen LogP contribution in [0.2, 0.25) is 0 Å². The Morgan fingerprint density at radius 1 is 1.05 bits per heavy atom. The SMILES string of the molecule is Cc1cccc(C2NCCc3cc4c(cc32)OCO4)c1C. The Kier molecular flexibility index (Phi) is 2.89. The second kappa shape index (κ2) is 4.78. The molecule has 0 amide bonds. The molecule has 2 aromatic carbocycles. The number of hydrogen-bond acceptors (Lipinski definition) is 3. The van der Waals surface area contributed by atoms with Gasteiger partial charge in [-0.3, -0.25) is 0 Å². The van der Waals surface area contributed by atoms with Crippen LogP contribution in [0.5, 0.6) is 11.5 Å². The van der Waals surface area contributed by atoms with Gasteiger partial charge in [0.15, 0.2) is 11.5 Å². The second-order valence-corrected chi connectivity index (χ2v) is 5.83. The van der Waals surface area contributed by atoms with Crippen molar-refractivity contribution < 1.29 is 9.47 Å². The number of benzene rings is 2. The van der Waals surface area contributed by atoms with Crippen LogP contribution in [0.25, 0.3) is 0 Å². The molecule has 4 rings (SSSR count). The molecule has 21 heavy (non-hydrogen) atoms. The van der Waals surface area contributed by atoms with E-state index in [2.05, 4.69) is 49.5 Å². The minimum absolute atomic E-state index is 0.239. The van der Waals surface area contributed by atoms with Crippen molar-refractivity contribution in [3.8, 4) is 11.5 Å². The van der Waals surface area contributed by atoms with Gasteiger partial charge in [-0.1, -0.05) is 18.2 Å². The summed E-state index contributed by atoms with van der Waals surface area (Å²) in [6.45, 7) is 5.69. The first-order chi connectivity index (χ1) is 10.2. The first kappa shape index (κ1) is 12.7. The van der Waals surface area contributed by atoms with Crippen LogP contribution in [0.1, 0.15) is 33.9 Å². The van der Waals surface area contributed by atoms with Crippen molar-refractivity contribution >= 4 is 0 Å². The van der Waals surface area contributed by atoms with Crippen molar-refractivity contribution in [1.29, 1.82) is 0 Å². The van der Waals surface area contributed by atoms with Crippen LogP contribution in [0.4, 0.5) is 0 Å². The van der Waals surface area contributed by atoms with E-state index in [1.807, 2.05) is 0 Å². The molecule has 0 spiro atoms. The Balaban J connectivity index is 1.85. The molecule has 3 heteroatoms. The molecule has 2 aromatic rings. The van der Waals surface area contributed by atoms with Crippen molar-refractivity contribution in [2.24, 2.45) is 0 Å². The summed E-state index contributed by atoms with van der Waals surface area (Å²) in [5, 5.41) is 3.65. The van der Waals surface area contributed by atoms with Crippen LogP contribution in [-0.4, -0.2) is 13.3 Å². The zero-order valence-electron chi connectivity index (χ0n) is 12.4. The maximum absolute atomic E-state index is 5.55. The van der Waals surface area contributed by atoms with Gasteiger partial charge in [0.05, 0.1) is 6.04 Å². The third-order valence-corrected chi connectivity index (χ3v) is 4.65. The fraction of sp³-hybridized carbons (Fsp3) is 0.333. The second-order valence-electron chi connectivity index (χ2n) is 5.83. The number of ether oxygens (including phenoxy) is 2. The topological polar surface area (TPSA) is 30.5 Å². The zero-order chi connectivity index (χ0) is 14.4. The Morgan fingerprint density at radius 2 is 1.86 bits per heavy atom. The average Bonchev–Trinajstić information content (AvgIpc) is 2.94. The number of rotatable bonds is 1. The van der Waals surface area contributed by atoms with Crippen molar-refractivity contribution in [2.45, 2.75) is 26.3 Å². The van der Waals surface area contributed by atoms with Crippen molar-refractivity contribution in [3.05, 3.63) is 58.1 Å². The Labute approximate surface area is 124 Å². The largest absolute Gasteiger partial charge is 0.454 e. The van der Waals surface area contributed by atoms with E-state index in [-0.39, 0.29) is 6.04 Å². The van der Waals surface area contributed by atoms with E-state index >= 15 is 0 Å². The third-order valence-electron chi connectivity index (χ3n) is 4.65. The summed E-state index contributed by atoms with van der Waals surface area (Å²) in [6, 6.07) is 11.1. The van der Waals surface area contributed by atoms with Crippen LogP contribution in [-0.2, 0) is 6.42 Å². The van der Waals surface area contributed by atoms with E-state index in [0.717, 1.165) is 24.5 Å². The van der Waals surface area contributed by atoms with Crippen LogP contribution in [0.3, 0.4) is 0 Å². The first-order valence-corrected chi connectivity index (χ1v) is 7.46. The van der Waals surface area contributed by atoms with E-state index in [9.17, 15) is 0 Å². The third kappa shape index (κ3) is 2.00. The van der Waals surface area contributed by atoms with E-state index in [1.54, 1.807) is 0 Å². The van der Waals surface area contributed by atoms with Crippen LogP contribution < -0.4 is 14.8 Å². The first-order valence-electron chi connectivity index (χ1n) is 7.46. The summed E-state index contributed by atoms with van der Waals surface area (Å²) < 4.78 is 11.1. The number of fused-ring (bicyclic) bond motifs is 2. The molecule has 108 valence electrons. The van der Waals surface area contributed by atoms with Gasteiger partial charge < -0.3 is 14.8 Å². The highest BCUT2D eigenvalue weighted by Gasteiger charge is 2.26. The van der Waals surface area contributed by atoms with E-state index < -0.39 is 0 Å². The highest BCUT2D eigenvalue weighted by molar-refractivity contribution is 5.53. The van der Waals surface area contributed by atoms with Gasteiger partial charge in [-0.2, -0.15) is 0 Å². The number of nitrogens with one attached hydrogen (secondary N) is 1. The molecule has 1 atom stereocenters. The summed E-state index contributed by atoms with van der Waals surface area (Å²) in [5.74, 6) is 1.75. The van der Waals surface area contributed by atoms with Gasteiger partial charge in [0.25, 0.3) is 0 Å². The van der Waals surface area contributed by atoms with Crippen molar-refractivity contribution in [1.82, 2.24) is 5.32 Å². The molecule has 1 unspecified atom stereocenters. The van der Waals surface area contributed by atoms with Crippen molar-refractivity contribution in [3.63, 3.8) is 0 Å². The fourth-order valence-electron chi connectivity index (χ4n) is 3.31. The molecule has 0 bridgehead atoms. The van der Waals surface area contributed by atoms with E-state index in [1.165, 1.54) is 27.8 Å². The molecule has 2 aliphatic rings. The quantitative estimate of drug-likeness (QED) is 0.870. The molecular formula is C18H19NO2. The Bertz CT molecular complexity index is 709. The predicted molar refractivity (Wildman–Crippen MR) is 82.0 cm³/mol. The van der Waals surface area contributed by atoms with Crippen molar-refractivity contribution in [2.75, 3.05) is 13.3 Å². The molecule has 0 fully saturated rings. The Morgan fingerprint density at radius 3 is 2.71 bits per heavy atom. The van der Waals surface area contributed by atoms with Gasteiger partial charge in [0.2, 0.25) is 6.79 Å². The maximum Gasteiger partial charge on any atom is 0.231 e. The lowest BCUT2D eigenvalue weighted by molar-refractivity contribution is 0.174. The summed E-state index contributed by atoms with van der Waals surface area (Å²) in [5.41, 5.74) is 6.74. The predicted octanol–water partition coefficient (Wildman–Crippen LogP) is 3.27. The Hall–Kier alpha value is -2.00. The van der Waals surface area contributed by atoms with Crippen LogP contribution in [0, 0.1) is 13.8 Å². The monoisotopic (exact) mass is 281 g/mol. The average molecular weight is 281 g/mol. The molecule has 0 radical (unpaired) electrons. The number of hydrogen-bond donors (Lipinski definition) is 1. The highest BCUT2D eigenvalue weighted by atomic mass is 16.7. The molecule has 2 heterocycles. The molecule has 0 aliphatic carbocycles. The van der Waals surface area contributed by atoms with Gasteiger partial charge in [-0.15, -0.1) is 0 Å². The summed E-state index contributed by atoms with van der Waals surface area (Å²) in [4.78, 5) is 0. The standard InChI is InChI=1S/C18H19NO2/c1-11-4-3-5-14(12(11)2)18-15-9-17-16(20-10-21-17)8-13(15)6-7-19-18/h3-5,8-9,18-19H,6-7,10H2,1-2H3. The maximum atomic E-state index is 5.55. The van der Waals surface area contributed by atoms with Crippen LogP contribution >= 0.6 is 0 Å². The van der Waals surface area contributed by atoms with Gasteiger partial charge >= 0.3 is 0 Å². The smallest absolute Gasteiger partial charge is 0.231 e. The van der Waals surface area contributed by atoms with Gasteiger partial charge in [-0.05, 0) is 60.2 Å². The zero-order valence-corrected chi connectivity index (χ0v) is 12.4.